The Bertz CT molecular complexity index is 328. The third-order valence-electron chi connectivity index (χ3n) is 2.33. The maximum absolute atomic E-state index is 13.0. The molecule has 0 heterocycles. The summed E-state index contributed by atoms with van der Waals surface area (Å²) in [7, 11) is 1.84. The Labute approximate surface area is 89.3 Å². The molecule has 4 heteroatoms. The molecule has 0 saturated carbocycles. The Balaban J connectivity index is 3.05. The first-order valence-electron chi connectivity index (χ1n) is 4.93. The maximum Gasteiger partial charge on any atom is 0.123 e. The van der Waals surface area contributed by atoms with E-state index in [-0.39, 0.29) is 18.5 Å². The Morgan fingerprint density at radius 3 is 2.73 bits per heavy atom. The quantitative estimate of drug-likeness (QED) is 0.790. The summed E-state index contributed by atoms with van der Waals surface area (Å²) in [5.41, 5.74) is 7.38. The molecule has 0 radical (unpaired) electrons. The van der Waals surface area contributed by atoms with Gasteiger partial charge in [-0.15, -0.1) is 0 Å². The molecule has 0 unspecified atom stereocenters. The first-order valence-corrected chi connectivity index (χ1v) is 4.93. The zero-order valence-electron chi connectivity index (χ0n) is 9.07. The van der Waals surface area contributed by atoms with Crippen LogP contribution in [0.1, 0.15) is 18.5 Å². The average Bonchev–Trinajstić information content (AvgIpc) is 2.17. The zero-order chi connectivity index (χ0) is 11.4. The minimum Gasteiger partial charge on any atom is -0.395 e. The standard InChI is InChI=1S/C11H17FN2O/c1-8(13)10-7-9(12)3-4-11(10)14(2)5-6-15/h3-4,7-8,15H,5-6,13H2,1-2H3/t8-/m0/s1. The van der Waals surface area contributed by atoms with Crippen molar-refractivity contribution in [2.75, 3.05) is 25.1 Å². The van der Waals surface area contributed by atoms with E-state index in [1.807, 2.05) is 18.9 Å². The number of anilines is 1. The van der Waals surface area contributed by atoms with Crippen molar-refractivity contribution in [1.82, 2.24) is 0 Å². The fourth-order valence-electron chi connectivity index (χ4n) is 1.51. The van der Waals surface area contributed by atoms with Crippen molar-refractivity contribution in [2.24, 2.45) is 5.73 Å². The van der Waals surface area contributed by atoms with Gasteiger partial charge in [-0.25, -0.2) is 4.39 Å². The van der Waals surface area contributed by atoms with Gasteiger partial charge < -0.3 is 15.7 Å². The van der Waals surface area contributed by atoms with Crippen LogP contribution in [0.5, 0.6) is 0 Å². The van der Waals surface area contributed by atoms with Crippen LogP contribution in [0, 0.1) is 5.82 Å². The van der Waals surface area contributed by atoms with Crippen molar-refractivity contribution in [3.05, 3.63) is 29.6 Å². The van der Waals surface area contributed by atoms with Gasteiger partial charge in [-0.05, 0) is 30.7 Å². The molecule has 1 aromatic carbocycles. The van der Waals surface area contributed by atoms with Crippen LogP contribution in [-0.4, -0.2) is 25.3 Å². The van der Waals surface area contributed by atoms with Crippen molar-refractivity contribution < 1.29 is 9.50 Å². The molecular formula is C11H17FN2O. The van der Waals surface area contributed by atoms with Crippen molar-refractivity contribution in [1.29, 1.82) is 0 Å². The SMILES string of the molecule is C[C@H](N)c1cc(F)ccc1N(C)CCO. The fourth-order valence-corrected chi connectivity index (χ4v) is 1.51. The van der Waals surface area contributed by atoms with Crippen molar-refractivity contribution in [3.8, 4) is 0 Å². The van der Waals surface area contributed by atoms with Gasteiger partial charge in [0.1, 0.15) is 5.82 Å². The van der Waals surface area contributed by atoms with Crippen LogP contribution < -0.4 is 10.6 Å². The second kappa shape index (κ2) is 5.09. The minimum atomic E-state index is -0.288. The Hall–Kier alpha value is -1.13. The lowest BCUT2D eigenvalue weighted by molar-refractivity contribution is 0.304. The monoisotopic (exact) mass is 212 g/mol. The van der Waals surface area contributed by atoms with E-state index < -0.39 is 0 Å². The molecule has 0 spiro atoms. The van der Waals surface area contributed by atoms with Gasteiger partial charge in [0.2, 0.25) is 0 Å². The highest BCUT2D eigenvalue weighted by Gasteiger charge is 2.11. The van der Waals surface area contributed by atoms with Gasteiger partial charge >= 0.3 is 0 Å². The number of nitrogens with two attached hydrogens (primary N) is 1. The van der Waals surface area contributed by atoms with Crippen LogP contribution in [-0.2, 0) is 0 Å². The fraction of sp³-hybridized carbons (Fsp3) is 0.455. The lowest BCUT2D eigenvalue weighted by Crippen LogP contribution is -2.24. The number of halogens is 1. The molecule has 1 rings (SSSR count). The van der Waals surface area contributed by atoms with Gasteiger partial charge in [0, 0.05) is 25.3 Å². The number of benzene rings is 1. The molecule has 15 heavy (non-hydrogen) atoms. The summed E-state index contributed by atoms with van der Waals surface area (Å²) in [5.74, 6) is -0.288. The van der Waals surface area contributed by atoms with Gasteiger partial charge in [0.05, 0.1) is 6.61 Å². The summed E-state index contributed by atoms with van der Waals surface area (Å²) in [6, 6.07) is 4.30. The van der Waals surface area contributed by atoms with Crippen LogP contribution in [0.15, 0.2) is 18.2 Å². The van der Waals surface area contributed by atoms with Crippen LogP contribution in [0.2, 0.25) is 0 Å². The molecule has 1 aromatic rings. The Morgan fingerprint density at radius 2 is 2.20 bits per heavy atom. The topological polar surface area (TPSA) is 49.5 Å². The summed E-state index contributed by atoms with van der Waals surface area (Å²) < 4.78 is 13.0. The van der Waals surface area contributed by atoms with Crippen molar-refractivity contribution in [3.63, 3.8) is 0 Å². The lowest BCUT2D eigenvalue weighted by atomic mass is 10.1. The summed E-state index contributed by atoms with van der Waals surface area (Å²) >= 11 is 0. The van der Waals surface area contributed by atoms with E-state index in [1.54, 1.807) is 6.07 Å². The number of hydrogen-bond acceptors (Lipinski definition) is 3. The molecule has 0 aliphatic carbocycles. The zero-order valence-corrected chi connectivity index (χ0v) is 9.07. The molecule has 84 valence electrons. The molecule has 0 bridgehead atoms. The van der Waals surface area contributed by atoms with E-state index in [0.29, 0.717) is 6.54 Å². The summed E-state index contributed by atoms with van der Waals surface area (Å²) in [4.78, 5) is 1.86. The van der Waals surface area contributed by atoms with Gasteiger partial charge in [-0.1, -0.05) is 0 Å². The smallest absolute Gasteiger partial charge is 0.123 e. The Morgan fingerprint density at radius 1 is 1.53 bits per heavy atom. The van der Waals surface area contributed by atoms with Crippen LogP contribution in [0.25, 0.3) is 0 Å². The van der Waals surface area contributed by atoms with Crippen LogP contribution >= 0.6 is 0 Å². The third kappa shape index (κ3) is 2.91. The van der Waals surface area contributed by atoms with Crippen molar-refractivity contribution >= 4 is 5.69 Å². The molecule has 0 fully saturated rings. The van der Waals surface area contributed by atoms with Crippen LogP contribution in [0.3, 0.4) is 0 Å². The average molecular weight is 212 g/mol. The predicted molar refractivity (Wildman–Crippen MR) is 59.4 cm³/mol. The number of hydrogen-bond donors (Lipinski definition) is 2. The summed E-state index contributed by atoms with van der Waals surface area (Å²) in [6.45, 7) is 2.38. The lowest BCUT2D eigenvalue weighted by Gasteiger charge is -2.23. The molecule has 0 amide bonds. The number of rotatable bonds is 4. The molecule has 1 atom stereocenters. The molecule has 0 aliphatic rings. The molecule has 0 aliphatic heterocycles. The number of aliphatic hydroxyl groups is 1. The number of aliphatic hydroxyl groups excluding tert-OH is 1. The highest BCUT2D eigenvalue weighted by atomic mass is 19.1. The molecule has 3 N–H and O–H groups in total. The molecule has 3 nitrogen and oxygen atoms in total. The first kappa shape index (κ1) is 11.9. The van der Waals surface area contributed by atoms with E-state index >= 15 is 0 Å². The molecular weight excluding hydrogens is 195 g/mol. The Kier molecular flexibility index (Phi) is 4.05. The largest absolute Gasteiger partial charge is 0.395 e. The van der Waals surface area contributed by atoms with E-state index in [1.165, 1.54) is 12.1 Å². The third-order valence-corrected chi connectivity index (χ3v) is 2.33. The van der Waals surface area contributed by atoms with Gasteiger partial charge in [-0.3, -0.25) is 0 Å². The predicted octanol–water partition coefficient (Wildman–Crippen LogP) is 1.27. The van der Waals surface area contributed by atoms with E-state index in [0.717, 1.165) is 11.3 Å². The van der Waals surface area contributed by atoms with E-state index in [9.17, 15) is 4.39 Å². The highest BCUT2D eigenvalue weighted by molar-refractivity contribution is 5.54. The summed E-state index contributed by atoms with van der Waals surface area (Å²) in [6.07, 6.45) is 0. The second-order valence-electron chi connectivity index (χ2n) is 3.64. The van der Waals surface area contributed by atoms with Gasteiger partial charge in [-0.2, -0.15) is 0 Å². The summed E-state index contributed by atoms with van der Waals surface area (Å²) in [5, 5.41) is 8.84. The van der Waals surface area contributed by atoms with E-state index in [4.69, 9.17) is 10.8 Å². The van der Waals surface area contributed by atoms with E-state index in [2.05, 4.69) is 0 Å². The van der Waals surface area contributed by atoms with Crippen molar-refractivity contribution in [2.45, 2.75) is 13.0 Å². The normalized spacial score (nSPS) is 12.6. The molecule has 0 saturated heterocycles. The first-order chi connectivity index (χ1) is 7.06. The minimum absolute atomic E-state index is 0.0618. The molecule has 0 aromatic heterocycles. The number of likely N-dealkylation sites (N-methyl/N-ethyl adjacent to an activating group) is 1. The van der Waals surface area contributed by atoms with Crippen LogP contribution in [0.4, 0.5) is 10.1 Å². The van der Waals surface area contributed by atoms with Gasteiger partial charge in [0.25, 0.3) is 0 Å². The second-order valence-corrected chi connectivity index (χ2v) is 3.64. The highest BCUT2D eigenvalue weighted by Crippen LogP contribution is 2.25. The van der Waals surface area contributed by atoms with Gasteiger partial charge in [0.15, 0.2) is 0 Å². The number of nitrogens with zero attached hydrogens (tertiary/aromatic N) is 1. The maximum atomic E-state index is 13.0.